The van der Waals surface area contributed by atoms with Crippen molar-refractivity contribution in [1.29, 1.82) is 0 Å². The third kappa shape index (κ3) is 2.65. The number of hydrogen-bond donors (Lipinski definition) is 0. The van der Waals surface area contributed by atoms with Crippen LogP contribution in [0, 0.1) is 17.3 Å². The van der Waals surface area contributed by atoms with Crippen LogP contribution in [0.2, 0.25) is 0 Å². The summed E-state index contributed by atoms with van der Waals surface area (Å²) in [7, 11) is 0.972. The predicted octanol–water partition coefficient (Wildman–Crippen LogP) is 3.09. The van der Waals surface area contributed by atoms with Crippen molar-refractivity contribution in [2.75, 3.05) is 7.11 Å². The molecule has 132 valence electrons. The average Bonchev–Trinajstić information content (AvgIpc) is 3.07. The third-order valence-corrected chi connectivity index (χ3v) is 5.87. The summed E-state index contributed by atoms with van der Waals surface area (Å²) < 4.78 is 56.7. The lowest BCUT2D eigenvalue weighted by molar-refractivity contribution is -0.266. The Kier molecular flexibility index (Phi) is 4.16. The molecular formula is C16H23F3O4. The van der Waals surface area contributed by atoms with Crippen LogP contribution in [0.3, 0.4) is 0 Å². The zero-order valence-electron chi connectivity index (χ0n) is 13.6. The molecule has 0 spiro atoms. The minimum atomic E-state index is -4.70. The Balaban J connectivity index is 1.77. The standard InChI is InChI=1S/C16H23F3O4/c1-8-11(7-15(2,14(20)21-3)16(17,18)19)23-13-10-5-4-9(6-10)12(13)22-8/h8-13H,4-7H2,1-3H3. The van der Waals surface area contributed by atoms with Crippen LogP contribution in [0.4, 0.5) is 13.2 Å². The number of ether oxygens (including phenoxy) is 3. The molecule has 7 heteroatoms. The van der Waals surface area contributed by atoms with Gasteiger partial charge in [0.1, 0.15) is 0 Å². The maximum absolute atomic E-state index is 13.4. The number of carbonyl (C=O) groups excluding carboxylic acids is 1. The molecule has 2 aliphatic carbocycles. The van der Waals surface area contributed by atoms with E-state index in [0.717, 1.165) is 33.3 Å². The first kappa shape index (κ1) is 17.0. The van der Waals surface area contributed by atoms with Gasteiger partial charge in [0.05, 0.1) is 31.5 Å². The van der Waals surface area contributed by atoms with E-state index in [-0.39, 0.29) is 12.2 Å². The lowest BCUT2D eigenvalue weighted by Crippen LogP contribution is -2.54. The molecule has 1 saturated heterocycles. The molecule has 4 nitrogen and oxygen atoms in total. The van der Waals surface area contributed by atoms with E-state index in [1.165, 1.54) is 0 Å². The summed E-state index contributed by atoms with van der Waals surface area (Å²) in [5.74, 6) is -0.450. The maximum atomic E-state index is 13.4. The van der Waals surface area contributed by atoms with Crippen LogP contribution in [-0.2, 0) is 19.0 Å². The first-order valence-electron chi connectivity index (χ1n) is 8.13. The van der Waals surface area contributed by atoms with Crippen LogP contribution in [0.5, 0.6) is 0 Å². The quantitative estimate of drug-likeness (QED) is 0.743. The molecule has 3 aliphatic rings. The molecule has 1 aliphatic heterocycles. The van der Waals surface area contributed by atoms with Gasteiger partial charge in [-0.15, -0.1) is 0 Å². The van der Waals surface area contributed by atoms with Crippen molar-refractivity contribution in [1.82, 2.24) is 0 Å². The second-order valence-electron chi connectivity index (χ2n) is 7.30. The molecule has 0 N–H and O–H groups in total. The molecule has 7 unspecified atom stereocenters. The van der Waals surface area contributed by atoms with Gasteiger partial charge in [0.15, 0.2) is 5.41 Å². The Morgan fingerprint density at radius 3 is 2.26 bits per heavy atom. The number of methoxy groups -OCH3 is 1. The van der Waals surface area contributed by atoms with E-state index < -0.39 is 36.2 Å². The van der Waals surface area contributed by atoms with Crippen LogP contribution < -0.4 is 0 Å². The van der Waals surface area contributed by atoms with Crippen LogP contribution in [0.1, 0.15) is 39.5 Å². The fourth-order valence-corrected chi connectivity index (χ4v) is 4.37. The normalized spacial score (nSPS) is 42.2. The maximum Gasteiger partial charge on any atom is 0.404 e. The number of esters is 1. The largest absolute Gasteiger partial charge is 0.468 e. The molecule has 23 heavy (non-hydrogen) atoms. The van der Waals surface area contributed by atoms with Crippen LogP contribution in [-0.4, -0.2) is 43.7 Å². The van der Waals surface area contributed by atoms with E-state index in [0.29, 0.717) is 11.8 Å². The number of alkyl halides is 3. The smallest absolute Gasteiger partial charge is 0.404 e. The van der Waals surface area contributed by atoms with Crippen molar-refractivity contribution in [3.63, 3.8) is 0 Å². The second-order valence-corrected chi connectivity index (χ2v) is 7.30. The Labute approximate surface area is 133 Å². The number of carbonyl (C=O) groups is 1. The lowest BCUT2D eigenvalue weighted by atomic mass is 9.81. The molecular weight excluding hydrogens is 313 g/mol. The van der Waals surface area contributed by atoms with Crippen molar-refractivity contribution in [3.8, 4) is 0 Å². The third-order valence-electron chi connectivity index (χ3n) is 5.87. The number of fused-ring (bicyclic) bond motifs is 5. The Morgan fingerprint density at radius 1 is 1.17 bits per heavy atom. The van der Waals surface area contributed by atoms with E-state index >= 15 is 0 Å². The molecule has 0 aromatic heterocycles. The van der Waals surface area contributed by atoms with Crippen LogP contribution in [0.15, 0.2) is 0 Å². The summed E-state index contributed by atoms with van der Waals surface area (Å²) in [4.78, 5) is 11.8. The van der Waals surface area contributed by atoms with Crippen molar-refractivity contribution in [3.05, 3.63) is 0 Å². The second kappa shape index (κ2) is 5.62. The van der Waals surface area contributed by atoms with Gasteiger partial charge in [-0.1, -0.05) is 0 Å². The van der Waals surface area contributed by atoms with Gasteiger partial charge in [-0.25, -0.2) is 0 Å². The Hall–Kier alpha value is -0.820. The molecule has 2 saturated carbocycles. The molecule has 0 amide bonds. The molecule has 3 rings (SSSR count). The van der Waals surface area contributed by atoms with Gasteiger partial charge in [-0.3, -0.25) is 4.79 Å². The topological polar surface area (TPSA) is 44.8 Å². The van der Waals surface area contributed by atoms with E-state index in [9.17, 15) is 18.0 Å². The SMILES string of the molecule is COC(=O)C(C)(CC1OC2C3CCC(C3)C2OC1C)C(F)(F)F. The highest BCUT2D eigenvalue weighted by molar-refractivity contribution is 5.77. The van der Waals surface area contributed by atoms with Crippen molar-refractivity contribution in [2.24, 2.45) is 17.3 Å². The van der Waals surface area contributed by atoms with Gasteiger partial charge in [0.2, 0.25) is 0 Å². The summed E-state index contributed by atoms with van der Waals surface area (Å²) in [5, 5.41) is 0. The highest BCUT2D eigenvalue weighted by Crippen LogP contribution is 2.52. The van der Waals surface area contributed by atoms with E-state index in [1.54, 1.807) is 6.92 Å². The van der Waals surface area contributed by atoms with E-state index in [4.69, 9.17) is 9.47 Å². The molecule has 3 fully saturated rings. The highest BCUT2D eigenvalue weighted by Gasteiger charge is 2.61. The van der Waals surface area contributed by atoms with Gasteiger partial charge in [-0.2, -0.15) is 13.2 Å². The van der Waals surface area contributed by atoms with Gasteiger partial charge in [0.25, 0.3) is 0 Å². The average molecular weight is 336 g/mol. The van der Waals surface area contributed by atoms with E-state index in [1.807, 2.05) is 0 Å². The van der Waals surface area contributed by atoms with Gasteiger partial charge in [0, 0.05) is 6.42 Å². The van der Waals surface area contributed by atoms with Gasteiger partial charge in [-0.05, 0) is 44.9 Å². The van der Waals surface area contributed by atoms with Crippen molar-refractivity contribution in [2.45, 2.75) is 70.1 Å². The Morgan fingerprint density at radius 2 is 1.74 bits per heavy atom. The summed E-state index contributed by atoms with van der Waals surface area (Å²) in [6, 6.07) is 0. The molecule has 2 bridgehead atoms. The molecule has 0 aromatic rings. The zero-order chi connectivity index (χ0) is 17.0. The van der Waals surface area contributed by atoms with Gasteiger partial charge >= 0.3 is 12.1 Å². The fraction of sp³-hybridized carbons (Fsp3) is 0.938. The number of rotatable bonds is 3. The summed E-state index contributed by atoms with van der Waals surface area (Å²) in [5.41, 5.74) is -2.59. The molecule has 1 heterocycles. The highest BCUT2D eigenvalue weighted by atomic mass is 19.4. The first-order valence-corrected chi connectivity index (χ1v) is 8.13. The molecule has 7 atom stereocenters. The zero-order valence-corrected chi connectivity index (χ0v) is 13.6. The number of hydrogen-bond acceptors (Lipinski definition) is 4. The first-order chi connectivity index (χ1) is 10.7. The summed E-state index contributed by atoms with van der Waals surface area (Å²) in [6.45, 7) is 2.60. The molecule has 0 aromatic carbocycles. The summed E-state index contributed by atoms with van der Waals surface area (Å²) >= 11 is 0. The Bertz CT molecular complexity index is 480. The minimum Gasteiger partial charge on any atom is -0.468 e. The van der Waals surface area contributed by atoms with Gasteiger partial charge < -0.3 is 14.2 Å². The summed E-state index contributed by atoms with van der Waals surface area (Å²) in [6.07, 6.45) is -3.37. The minimum absolute atomic E-state index is 0.00438. The number of halogens is 3. The lowest BCUT2D eigenvalue weighted by Gasteiger charge is -2.45. The van der Waals surface area contributed by atoms with E-state index in [2.05, 4.69) is 4.74 Å². The van der Waals surface area contributed by atoms with Crippen molar-refractivity contribution >= 4 is 5.97 Å². The predicted molar refractivity (Wildman–Crippen MR) is 74.6 cm³/mol. The monoisotopic (exact) mass is 336 g/mol. The van der Waals surface area contributed by atoms with Crippen LogP contribution in [0.25, 0.3) is 0 Å². The fourth-order valence-electron chi connectivity index (χ4n) is 4.37. The molecule has 0 radical (unpaired) electrons. The van der Waals surface area contributed by atoms with Crippen LogP contribution >= 0.6 is 0 Å². The van der Waals surface area contributed by atoms with Crippen molar-refractivity contribution < 1.29 is 32.2 Å².